The van der Waals surface area contributed by atoms with Crippen LogP contribution in [0.25, 0.3) is 99.8 Å². The molecule has 0 saturated heterocycles. The average Bonchev–Trinajstić information content (AvgIpc) is 4.19. The zero-order chi connectivity index (χ0) is 44.3. The van der Waals surface area contributed by atoms with Gasteiger partial charge in [-0.05, 0) is 122 Å². The molecule has 7 heteroatoms. The van der Waals surface area contributed by atoms with E-state index in [1.165, 1.54) is 160 Å². The summed E-state index contributed by atoms with van der Waals surface area (Å²) in [6.45, 7) is 11.0. The lowest BCUT2D eigenvalue weighted by atomic mass is 10.0. The highest BCUT2D eigenvalue weighted by Gasteiger charge is 2.19. The Morgan fingerprint density at radius 1 is 0.446 bits per heavy atom. The number of hydrogen-bond acceptors (Lipinski definition) is 5. The third-order valence-electron chi connectivity index (χ3n) is 13.3. The summed E-state index contributed by atoms with van der Waals surface area (Å²) in [5.41, 5.74) is 14.9. The maximum absolute atomic E-state index is 5.00. The van der Waals surface area contributed by atoms with Crippen molar-refractivity contribution in [1.82, 2.24) is 17.9 Å². The molecule has 0 aliphatic carbocycles. The highest BCUT2D eigenvalue weighted by atomic mass is 32.1. The highest BCUT2D eigenvalue weighted by molar-refractivity contribution is 7.17. The van der Waals surface area contributed by atoms with Crippen molar-refractivity contribution in [1.29, 1.82) is 0 Å². The van der Waals surface area contributed by atoms with Crippen LogP contribution in [0.5, 0.6) is 0 Å². The van der Waals surface area contributed by atoms with E-state index in [1.807, 2.05) is 22.7 Å². The normalized spacial score (nSPS) is 12.3. The molecule has 0 N–H and O–H groups in total. The summed E-state index contributed by atoms with van der Waals surface area (Å²) in [6.07, 6.45) is 21.5. The zero-order valence-corrected chi connectivity index (χ0v) is 40.7. The van der Waals surface area contributed by atoms with Crippen molar-refractivity contribution in [3.8, 4) is 20.9 Å². The number of unbranched alkanes of at least 4 members (excludes halogenated alkanes) is 6. The predicted octanol–water partition coefficient (Wildman–Crippen LogP) is 18.0. The molecule has 0 saturated carbocycles. The number of nitrogens with zero attached hydrogens (tertiary/aromatic N) is 4. The molecule has 5 aromatic heterocycles. The van der Waals surface area contributed by atoms with Crippen molar-refractivity contribution >= 4 is 113 Å². The summed E-state index contributed by atoms with van der Waals surface area (Å²) in [6, 6.07) is 41.0. The molecule has 328 valence electrons. The van der Waals surface area contributed by atoms with E-state index in [4.69, 9.17) is 8.75 Å². The van der Waals surface area contributed by atoms with E-state index in [0.29, 0.717) is 0 Å². The number of thiophene rings is 2. The Kier molecular flexibility index (Phi) is 13.0. The lowest BCUT2D eigenvalue weighted by Crippen LogP contribution is -1.92. The van der Waals surface area contributed by atoms with Gasteiger partial charge in [-0.1, -0.05) is 125 Å². The summed E-state index contributed by atoms with van der Waals surface area (Å²) in [5.74, 6) is 0. The van der Waals surface area contributed by atoms with Gasteiger partial charge in [-0.15, -0.1) is 22.7 Å². The van der Waals surface area contributed by atoms with Crippen LogP contribution in [0.3, 0.4) is 0 Å². The molecule has 10 aromatic rings. The van der Waals surface area contributed by atoms with Gasteiger partial charge in [0.25, 0.3) is 0 Å². The number of aryl methyl sites for hydroxylation is 4. The fourth-order valence-electron chi connectivity index (χ4n) is 9.95. The van der Waals surface area contributed by atoms with Crippen LogP contribution in [0.1, 0.15) is 111 Å². The number of rotatable bonds is 18. The largest absolute Gasteiger partial charge is 0.341 e. The van der Waals surface area contributed by atoms with Crippen LogP contribution < -0.4 is 0 Å². The second-order valence-corrected chi connectivity index (χ2v) is 20.2. The predicted molar refractivity (Wildman–Crippen MR) is 288 cm³/mol. The number of hydrogen-bond donors (Lipinski definition) is 0. The SMILES string of the molecule is CCCCCCc1cc(-c2ccc(-c3cc(CCCCCC)c(/C=C/c4ccc5c(c4)c4ccccc4n5CC)s3)c3nsnc23)sc1/C=C/c1ccc2c(c1)c1ccccc1n2CC. The molecule has 0 amide bonds. The van der Waals surface area contributed by atoms with Gasteiger partial charge in [0.05, 0.1) is 11.7 Å². The Bertz CT molecular complexity index is 3120. The number of aromatic nitrogens is 4. The molecule has 0 unspecified atom stereocenters. The first-order valence-electron chi connectivity index (χ1n) is 24.0. The van der Waals surface area contributed by atoms with E-state index in [9.17, 15) is 0 Å². The minimum Gasteiger partial charge on any atom is -0.341 e. The van der Waals surface area contributed by atoms with Crippen LogP contribution in [-0.4, -0.2) is 17.9 Å². The minimum absolute atomic E-state index is 0.956. The maximum atomic E-state index is 5.00. The van der Waals surface area contributed by atoms with Crippen molar-refractivity contribution in [2.75, 3.05) is 0 Å². The molecule has 0 atom stereocenters. The van der Waals surface area contributed by atoms with Gasteiger partial charge in [-0.25, -0.2) is 0 Å². The zero-order valence-electron chi connectivity index (χ0n) is 38.2. The van der Waals surface area contributed by atoms with Gasteiger partial charge in [-0.3, -0.25) is 0 Å². The third-order valence-corrected chi connectivity index (χ3v) is 16.2. The van der Waals surface area contributed by atoms with Gasteiger partial charge in [0, 0.05) is 87.3 Å². The van der Waals surface area contributed by atoms with Gasteiger partial charge in [0.2, 0.25) is 0 Å². The minimum atomic E-state index is 0.956. The molecule has 0 aliphatic heterocycles. The van der Waals surface area contributed by atoms with E-state index in [-0.39, 0.29) is 0 Å². The van der Waals surface area contributed by atoms with E-state index < -0.39 is 0 Å². The van der Waals surface area contributed by atoms with Gasteiger partial charge in [-0.2, -0.15) is 8.75 Å². The van der Waals surface area contributed by atoms with Crippen LogP contribution >= 0.6 is 34.4 Å². The smallest absolute Gasteiger partial charge is 0.114 e. The number of para-hydroxylation sites is 2. The molecule has 0 spiro atoms. The lowest BCUT2D eigenvalue weighted by Gasteiger charge is -2.03. The van der Waals surface area contributed by atoms with Crippen LogP contribution in [0.2, 0.25) is 0 Å². The van der Waals surface area contributed by atoms with E-state index in [1.54, 1.807) is 0 Å². The van der Waals surface area contributed by atoms with Crippen molar-refractivity contribution in [3.05, 3.63) is 141 Å². The van der Waals surface area contributed by atoms with E-state index in [0.717, 1.165) is 37.0 Å². The standard InChI is InChI=1S/C58H58N4S3/c1-5-9-11-13-19-41-37-55(63-53(41)33-27-39-25-31-51-47(35-39)43-21-15-17-23-49(43)61(51)7-3)45-29-30-46(58-57(45)59-65-60-58)56-38-42(20-14-12-10-6-2)54(64-56)34-28-40-26-32-52-48(36-40)44-22-16-18-24-50(44)62(52)8-4/h15-18,21-38H,5-14,19-20H2,1-4H3/b33-27+,34-28+. The Morgan fingerprint density at radius 3 is 1.34 bits per heavy atom. The second kappa shape index (κ2) is 19.5. The van der Waals surface area contributed by atoms with Crippen molar-refractivity contribution < 1.29 is 0 Å². The van der Waals surface area contributed by atoms with Crippen molar-refractivity contribution in [2.24, 2.45) is 0 Å². The monoisotopic (exact) mass is 906 g/mol. The fourth-order valence-corrected chi connectivity index (χ4v) is 12.8. The molecular weight excluding hydrogens is 849 g/mol. The molecule has 0 radical (unpaired) electrons. The molecule has 4 nitrogen and oxygen atoms in total. The topological polar surface area (TPSA) is 35.6 Å². The molecule has 5 heterocycles. The molecule has 65 heavy (non-hydrogen) atoms. The first-order valence-corrected chi connectivity index (χ1v) is 26.3. The van der Waals surface area contributed by atoms with Gasteiger partial charge >= 0.3 is 0 Å². The molecule has 5 aromatic carbocycles. The van der Waals surface area contributed by atoms with Crippen molar-refractivity contribution in [3.63, 3.8) is 0 Å². The average molecular weight is 907 g/mol. The number of benzene rings is 5. The summed E-state index contributed by atoms with van der Waals surface area (Å²) in [5, 5.41) is 5.29. The summed E-state index contributed by atoms with van der Waals surface area (Å²) < 4.78 is 14.8. The Hall–Kier alpha value is -5.60. The van der Waals surface area contributed by atoms with Crippen LogP contribution in [0.4, 0.5) is 0 Å². The van der Waals surface area contributed by atoms with Gasteiger partial charge in [0.15, 0.2) is 0 Å². The van der Waals surface area contributed by atoms with Crippen LogP contribution in [0.15, 0.2) is 109 Å². The van der Waals surface area contributed by atoms with Crippen LogP contribution in [0, 0.1) is 0 Å². The Balaban J connectivity index is 0.979. The summed E-state index contributed by atoms with van der Waals surface area (Å²) in [4.78, 5) is 5.22. The third kappa shape index (κ3) is 8.55. The molecule has 10 rings (SSSR count). The summed E-state index contributed by atoms with van der Waals surface area (Å²) in [7, 11) is 0. The second-order valence-electron chi connectivity index (χ2n) is 17.5. The Labute approximate surface area is 395 Å². The fraction of sp³-hybridized carbons (Fsp3) is 0.276. The van der Waals surface area contributed by atoms with Crippen LogP contribution in [-0.2, 0) is 25.9 Å². The number of fused-ring (bicyclic) bond motifs is 7. The lowest BCUT2D eigenvalue weighted by molar-refractivity contribution is 0.667. The van der Waals surface area contributed by atoms with Crippen molar-refractivity contribution in [2.45, 2.75) is 105 Å². The first-order chi connectivity index (χ1) is 32.1. The Morgan fingerprint density at radius 2 is 0.892 bits per heavy atom. The first kappa shape index (κ1) is 43.3. The van der Waals surface area contributed by atoms with Gasteiger partial charge < -0.3 is 9.13 Å². The highest BCUT2D eigenvalue weighted by Crippen LogP contribution is 2.43. The molecule has 0 bridgehead atoms. The molecule has 0 aliphatic rings. The van der Waals surface area contributed by atoms with E-state index >= 15 is 0 Å². The maximum Gasteiger partial charge on any atom is 0.114 e. The molecule has 0 fully saturated rings. The summed E-state index contributed by atoms with van der Waals surface area (Å²) >= 11 is 5.12. The van der Waals surface area contributed by atoms with Gasteiger partial charge in [0.1, 0.15) is 11.0 Å². The van der Waals surface area contributed by atoms with E-state index in [2.05, 4.69) is 170 Å². The molecular formula is C58H58N4S3. The quantitative estimate of drug-likeness (QED) is 0.0804.